The molecule has 1 aliphatic rings. The van der Waals surface area contributed by atoms with E-state index in [1.54, 1.807) is 11.8 Å². The molecule has 5 heteroatoms. The van der Waals surface area contributed by atoms with Gasteiger partial charge in [-0.1, -0.05) is 18.2 Å². The van der Waals surface area contributed by atoms with E-state index in [4.69, 9.17) is 4.98 Å². The van der Waals surface area contributed by atoms with E-state index in [0.717, 1.165) is 30.0 Å². The van der Waals surface area contributed by atoms with Gasteiger partial charge in [-0.05, 0) is 61.1 Å². The predicted molar refractivity (Wildman–Crippen MR) is 114 cm³/mol. The van der Waals surface area contributed by atoms with Crippen LogP contribution in [0.3, 0.4) is 0 Å². The SMILES string of the molecule is CSc1ccc2c(C)cc(NCc3ccc(N4CCCC4=O)cc3)nc2c1. The lowest BCUT2D eigenvalue weighted by Gasteiger charge is -2.16. The summed E-state index contributed by atoms with van der Waals surface area (Å²) in [6.07, 6.45) is 3.69. The average Bonchev–Trinajstić information content (AvgIpc) is 3.12. The van der Waals surface area contributed by atoms with Crippen LogP contribution in [0, 0.1) is 6.92 Å². The minimum absolute atomic E-state index is 0.223. The Hall–Kier alpha value is -2.53. The van der Waals surface area contributed by atoms with E-state index >= 15 is 0 Å². The number of fused-ring (bicyclic) bond motifs is 1. The Morgan fingerprint density at radius 1 is 1.15 bits per heavy atom. The third-order valence-corrected chi connectivity index (χ3v) is 5.74. The molecule has 1 aliphatic heterocycles. The number of aryl methyl sites for hydroxylation is 1. The van der Waals surface area contributed by atoms with Crippen molar-refractivity contribution in [3.8, 4) is 0 Å². The standard InChI is InChI=1S/C22H23N3OS/c1-15-12-21(24-20-13-18(27-2)9-10-19(15)20)23-14-16-5-7-17(8-6-16)25-11-3-4-22(25)26/h5-10,12-13H,3-4,11,14H2,1-2H3,(H,23,24). The number of nitrogens with one attached hydrogen (secondary N) is 1. The first-order chi connectivity index (χ1) is 13.1. The number of hydrogen-bond donors (Lipinski definition) is 1. The van der Waals surface area contributed by atoms with Crippen LogP contribution >= 0.6 is 11.8 Å². The first-order valence-electron chi connectivity index (χ1n) is 9.22. The minimum atomic E-state index is 0.223. The summed E-state index contributed by atoms with van der Waals surface area (Å²) in [7, 11) is 0. The largest absolute Gasteiger partial charge is 0.366 e. The molecule has 1 saturated heterocycles. The lowest BCUT2D eigenvalue weighted by molar-refractivity contribution is -0.117. The van der Waals surface area contributed by atoms with Gasteiger partial charge in [0.25, 0.3) is 0 Å². The number of amides is 1. The van der Waals surface area contributed by atoms with Crippen molar-refractivity contribution in [3.05, 3.63) is 59.7 Å². The summed E-state index contributed by atoms with van der Waals surface area (Å²) in [5.74, 6) is 1.11. The average molecular weight is 378 g/mol. The lowest BCUT2D eigenvalue weighted by Crippen LogP contribution is -2.23. The molecule has 0 bridgehead atoms. The molecule has 4 rings (SSSR count). The molecule has 2 aromatic carbocycles. The fourth-order valence-electron chi connectivity index (χ4n) is 3.51. The zero-order chi connectivity index (χ0) is 18.8. The number of nitrogens with zero attached hydrogens (tertiary/aromatic N) is 2. The van der Waals surface area contributed by atoms with Crippen molar-refractivity contribution in [2.24, 2.45) is 0 Å². The zero-order valence-electron chi connectivity index (χ0n) is 15.7. The summed E-state index contributed by atoms with van der Waals surface area (Å²) in [6, 6.07) is 16.7. The topological polar surface area (TPSA) is 45.2 Å². The van der Waals surface area contributed by atoms with E-state index in [1.165, 1.54) is 21.4 Å². The van der Waals surface area contributed by atoms with Crippen molar-refractivity contribution in [1.82, 2.24) is 4.98 Å². The second-order valence-corrected chi connectivity index (χ2v) is 7.76. The van der Waals surface area contributed by atoms with E-state index in [0.29, 0.717) is 13.0 Å². The number of carbonyl (C=O) groups is 1. The molecule has 138 valence electrons. The van der Waals surface area contributed by atoms with Gasteiger partial charge in [0.2, 0.25) is 5.91 Å². The maximum atomic E-state index is 11.9. The Morgan fingerprint density at radius 3 is 2.67 bits per heavy atom. The van der Waals surface area contributed by atoms with Crippen LogP contribution in [0.15, 0.2) is 53.4 Å². The summed E-state index contributed by atoms with van der Waals surface area (Å²) in [5.41, 5.74) is 4.40. The normalized spacial score (nSPS) is 14.1. The highest BCUT2D eigenvalue weighted by molar-refractivity contribution is 7.98. The third kappa shape index (κ3) is 3.78. The van der Waals surface area contributed by atoms with E-state index < -0.39 is 0 Å². The molecule has 0 radical (unpaired) electrons. The second-order valence-electron chi connectivity index (χ2n) is 6.88. The number of carbonyl (C=O) groups excluding carboxylic acids is 1. The molecule has 1 fully saturated rings. The third-order valence-electron chi connectivity index (χ3n) is 5.02. The van der Waals surface area contributed by atoms with Crippen molar-refractivity contribution < 1.29 is 4.79 Å². The summed E-state index contributed by atoms with van der Waals surface area (Å²) in [5, 5.41) is 4.62. The first-order valence-corrected chi connectivity index (χ1v) is 10.4. The molecule has 1 aromatic heterocycles. The van der Waals surface area contributed by atoms with Gasteiger partial charge in [0.15, 0.2) is 0 Å². The van der Waals surface area contributed by atoms with E-state index in [2.05, 4.69) is 54.9 Å². The van der Waals surface area contributed by atoms with Crippen LogP contribution in [0.4, 0.5) is 11.5 Å². The Labute approximate surface area is 164 Å². The van der Waals surface area contributed by atoms with Gasteiger partial charge in [-0.2, -0.15) is 0 Å². The van der Waals surface area contributed by atoms with Crippen molar-refractivity contribution in [3.63, 3.8) is 0 Å². The van der Waals surface area contributed by atoms with Gasteiger partial charge in [0.05, 0.1) is 5.52 Å². The van der Waals surface area contributed by atoms with Gasteiger partial charge >= 0.3 is 0 Å². The lowest BCUT2D eigenvalue weighted by atomic mass is 10.1. The van der Waals surface area contributed by atoms with Crippen LogP contribution in [0.2, 0.25) is 0 Å². The molecule has 4 nitrogen and oxygen atoms in total. The summed E-state index contributed by atoms with van der Waals surface area (Å²) in [4.78, 5) is 19.7. The fraction of sp³-hybridized carbons (Fsp3) is 0.273. The Balaban J connectivity index is 1.48. The Morgan fingerprint density at radius 2 is 1.96 bits per heavy atom. The smallest absolute Gasteiger partial charge is 0.227 e. The molecular weight excluding hydrogens is 354 g/mol. The Bertz CT molecular complexity index is 985. The van der Waals surface area contributed by atoms with Crippen LogP contribution in [-0.2, 0) is 11.3 Å². The Kier molecular flexibility index (Phi) is 5.03. The molecule has 0 spiro atoms. The molecule has 0 aliphatic carbocycles. The highest BCUT2D eigenvalue weighted by Crippen LogP contribution is 2.26. The summed E-state index contributed by atoms with van der Waals surface area (Å²) in [6.45, 7) is 3.65. The molecule has 0 atom stereocenters. The molecule has 27 heavy (non-hydrogen) atoms. The fourth-order valence-corrected chi connectivity index (χ4v) is 3.94. The van der Waals surface area contributed by atoms with Gasteiger partial charge < -0.3 is 10.2 Å². The highest BCUT2D eigenvalue weighted by Gasteiger charge is 2.21. The van der Waals surface area contributed by atoms with Crippen molar-refractivity contribution in [1.29, 1.82) is 0 Å². The van der Waals surface area contributed by atoms with Gasteiger partial charge in [0.1, 0.15) is 5.82 Å². The van der Waals surface area contributed by atoms with Gasteiger partial charge in [-0.3, -0.25) is 4.79 Å². The monoisotopic (exact) mass is 377 g/mol. The molecule has 3 aromatic rings. The second kappa shape index (κ2) is 7.61. The molecule has 2 heterocycles. The molecule has 1 amide bonds. The number of pyridine rings is 1. The molecule has 0 unspecified atom stereocenters. The zero-order valence-corrected chi connectivity index (χ0v) is 16.5. The van der Waals surface area contributed by atoms with Crippen LogP contribution < -0.4 is 10.2 Å². The molecular formula is C22H23N3OS. The van der Waals surface area contributed by atoms with Crippen molar-refractivity contribution >= 4 is 40.1 Å². The van der Waals surface area contributed by atoms with E-state index in [-0.39, 0.29) is 5.91 Å². The number of anilines is 2. The van der Waals surface area contributed by atoms with Gasteiger partial charge in [0, 0.05) is 35.5 Å². The maximum absolute atomic E-state index is 11.9. The first kappa shape index (κ1) is 17.9. The maximum Gasteiger partial charge on any atom is 0.227 e. The van der Waals surface area contributed by atoms with Crippen molar-refractivity contribution in [2.45, 2.75) is 31.2 Å². The predicted octanol–water partition coefficient (Wildman–Crippen LogP) is 5.00. The number of hydrogen-bond acceptors (Lipinski definition) is 4. The highest BCUT2D eigenvalue weighted by atomic mass is 32.2. The number of aromatic nitrogens is 1. The van der Waals surface area contributed by atoms with E-state index in [1.807, 2.05) is 17.0 Å². The number of thioether (sulfide) groups is 1. The molecule has 0 saturated carbocycles. The molecule has 1 N–H and O–H groups in total. The van der Waals surface area contributed by atoms with Crippen LogP contribution in [-0.4, -0.2) is 23.7 Å². The van der Waals surface area contributed by atoms with Crippen LogP contribution in [0.5, 0.6) is 0 Å². The van der Waals surface area contributed by atoms with Gasteiger partial charge in [-0.15, -0.1) is 11.8 Å². The van der Waals surface area contributed by atoms with Crippen LogP contribution in [0.25, 0.3) is 10.9 Å². The van der Waals surface area contributed by atoms with Crippen molar-refractivity contribution in [2.75, 3.05) is 23.0 Å². The summed E-state index contributed by atoms with van der Waals surface area (Å²) >= 11 is 1.73. The van der Waals surface area contributed by atoms with Crippen LogP contribution in [0.1, 0.15) is 24.0 Å². The quantitative estimate of drug-likeness (QED) is 0.635. The summed E-state index contributed by atoms with van der Waals surface area (Å²) < 4.78 is 0. The number of rotatable bonds is 5. The minimum Gasteiger partial charge on any atom is -0.366 e. The van der Waals surface area contributed by atoms with E-state index in [9.17, 15) is 4.79 Å². The number of benzene rings is 2. The van der Waals surface area contributed by atoms with Gasteiger partial charge in [-0.25, -0.2) is 4.98 Å².